The second-order valence-corrected chi connectivity index (χ2v) is 5.74. The maximum Gasteiger partial charge on any atom is 0.106 e. The highest BCUT2D eigenvalue weighted by Crippen LogP contribution is 2.30. The number of nitrogens with one attached hydrogen (secondary N) is 1. The van der Waals surface area contributed by atoms with Crippen LogP contribution in [0, 0.1) is 5.92 Å². The molecule has 0 aliphatic carbocycles. The molecule has 2 bridgehead atoms. The molecule has 4 heteroatoms. The lowest BCUT2D eigenvalue weighted by Crippen LogP contribution is -2.53. The Morgan fingerprint density at radius 1 is 1.28 bits per heavy atom. The van der Waals surface area contributed by atoms with Gasteiger partial charge in [-0.25, -0.2) is 0 Å². The summed E-state index contributed by atoms with van der Waals surface area (Å²) in [6, 6.07) is 8.63. The summed E-state index contributed by atoms with van der Waals surface area (Å²) in [6.45, 7) is 3.68. The molecule has 0 saturated carbocycles. The molecule has 0 amide bonds. The van der Waals surface area contributed by atoms with Crippen molar-refractivity contribution in [1.82, 2.24) is 4.90 Å². The van der Waals surface area contributed by atoms with Gasteiger partial charge < -0.3 is 16.0 Å². The van der Waals surface area contributed by atoms with E-state index in [0.29, 0.717) is 11.0 Å². The molecule has 1 atom stereocenters. The number of nitrogens with two attached hydrogens (primary N) is 1. The number of para-hydroxylation sites is 1. The first-order chi connectivity index (χ1) is 8.74. The van der Waals surface area contributed by atoms with Crippen LogP contribution in [0.15, 0.2) is 24.3 Å². The zero-order valence-corrected chi connectivity index (χ0v) is 11.2. The molecule has 1 aromatic rings. The Morgan fingerprint density at radius 3 is 2.61 bits per heavy atom. The van der Waals surface area contributed by atoms with Crippen LogP contribution in [-0.4, -0.2) is 35.6 Å². The molecule has 1 aromatic carbocycles. The van der Waals surface area contributed by atoms with Gasteiger partial charge in [0.05, 0.1) is 0 Å². The van der Waals surface area contributed by atoms with Crippen LogP contribution < -0.4 is 11.1 Å². The summed E-state index contributed by atoms with van der Waals surface area (Å²) in [6.07, 6.45) is 2.62. The van der Waals surface area contributed by atoms with Crippen LogP contribution in [-0.2, 0) is 0 Å². The van der Waals surface area contributed by atoms with Gasteiger partial charge in [0.25, 0.3) is 0 Å². The van der Waals surface area contributed by atoms with Crippen LogP contribution in [0.2, 0.25) is 0 Å². The van der Waals surface area contributed by atoms with Crippen LogP contribution in [0.3, 0.4) is 0 Å². The van der Waals surface area contributed by atoms with E-state index in [1.165, 1.54) is 25.9 Å². The summed E-state index contributed by atoms with van der Waals surface area (Å²) in [4.78, 5) is 3.01. The Labute approximate surface area is 113 Å². The van der Waals surface area contributed by atoms with Gasteiger partial charge in [0, 0.05) is 23.8 Å². The number of hydrogen-bond donors (Lipinski definition) is 2. The minimum absolute atomic E-state index is 0.472. The lowest BCUT2D eigenvalue weighted by molar-refractivity contribution is 0.0975. The van der Waals surface area contributed by atoms with Crippen LogP contribution in [0.1, 0.15) is 18.4 Å². The summed E-state index contributed by atoms with van der Waals surface area (Å²) in [5.41, 5.74) is 7.83. The highest BCUT2D eigenvalue weighted by Gasteiger charge is 2.34. The van der Waals surface area contributed by atoms with Gasteiger partial charge >= 0.3 is 0 Å². The van der Waals surface area contributed by atoms with E-state index >= 15 is 0 Å². The standard InChI is InChI=1S/C14H19N3S/c15-14(18)11-3-1-2-4-12(11)16-13-9-17-7-5-10(13)6-8-17/h1-4,10,13,16H,5-9H2,(H2,15,18). The van der Waals surface area contributed by atoms with Crippen molar-refractivity contribution < 1.29 is 0 Å². The summed E-state index contributed by atoms with van der Waals surface area (Å²) in [5.74, 6) is 0.800. The number of fused-ring (bicyclic) bond motifs is 3. The third-order valence-electron chi connectivity index (χ3n) is 4.19. The van der Waals surface area contributed by atoms with E-state index in [2.05, 4.69) is 16.3 Å². The second kappa shape index (κ2) is 4.86. The number of benzene rings is 1. The highest BCUT2D eigenvalue weighted by atomic mass is 32.1. The van der Waals surface area contributed by atoms with Crippen molar-refractivity contribution in [2.24, 2.45) is 11.7 Å². The SMILES string of the molecule is NC(=S)c1ccccc1NC1CN2CCC1CC2. The highest BCUT2D eigenvalue weighted by molar-refractivity contribution is 7.80. The van der Waals surface area contributed by atoms with Gasteiger partial charge in [0.1, 0.15) is 4.99 Å². The third-order valence-corrected chi connectivity index (χ3v) is 4.41. The van der Waals surface area contributed by atoms with Crippen molar-refractivity contribution in [3.8, 4) is 0 Å². The summed E-state index contributed by atoms with van der Waals surface area (Å²) in [5, 5.41) is 3.65. The molecular weight excluding hydrogens is 242 g/mol. The minimum Gasteiger partial charge on any atom is -0.389 e. The molecule has 1 unspecified atom stereocenters. The number of hydrogen-bond acceptors (Lipinski definition) is 3. The van der Waals surface area contributed by atoms with E-state index < -0.39 is 0 Å². The molecular formula is C14H19N3S. The molecule has 3 N–H and O–H groups in total. The lowest BCUT2D eigenvalue weighted by Gasteiger charge is -2.45. The van der Waals surface area contributed by atoms with Crippen molar-refractivity contribution >= 4 is 22.9 Å². The molecule has 3 heterocycles. The van der Waals surface area contributed by atoms with Crippen molar-refractivity contribution in [1.29, 1.82) is 0 Å². The molecule has 0 spiro atoms. The lowest BCUT2D eigenvalue weighted by atomic mass is 9.84. The fourth-order valence-corrected chi connectivity index (χ4v) is 3.33. The molecule has 4 rings (SSSR count). The number of nitrogens with zero attached hydrogens (tertiary/aromatic N) is 1. The van der Waals surface area contributed by atoms with Crippen LogP contribution in [0.5, 0.6) is 0 Å². The number of anilines is 1. The number of rotatable bonds is 3. The first-order valence-corrected chi connectivity index (χ1v) is 7.02. The van der Waals surface area contributed by atoms with Gasteiger partial charge in [-0.05, 0) is 44.0 Å². The van der Waals surface area contributed by atoms with Gasteiger partial charge in [-0.2, -0.15) is 0 Å². The van der Waals surface area contributed by atoms with Crippen molar-refractivity contribution in [2.45, 2.75) is 18.9 Å². The molecule has 3 nitrogen and oxygen atoms in total. The first kappa shape index (κ1) is 11.9. The Hall–Kier alpha value is -1.13. The molecule has 0 radical (unpaired) electrons. The quantitative estimate of drug-likeness (QED) is 0.815. The largest absolute Gasteiger partial charge is 0.389 e. The molecule has 3 fully saturated rings. The minimum atomic E-state index is 0.472. The fourth-order valence-electron chi connectivity index (χ4n) is 3.15. The van der Waals surface area contributed by atoms with E-state index in [9.17, 15) is 0 Å². The van der Waals surface area contributed by atoms with Crippen molar-refractivity contribution in [3.05, 3.63) is 29.8 Å². The van der Waals surface area contributed by atoms with E-state index in [1.807, 2.05) is 18.2 Å². The average Bonchev–Trinajstić information content (AvgIpc) is 2.40. The van der Waals surface area contributed by atoms with E-state index in [0.717, 1.165) is 23.7 Å². The topological polar surface area (TPSA) is 41.3 Å². The van der Waals surface area contributed by atoms with Gasteiger partial charge in [-0.3, -0.25) is 0 Å². The van der Waals surface area contributed by atoms with Gasteiger partial charge in [0.2, 0.25) is 0 Å². The predicted octanol–water partition coefficient (Wildman–Crippen LogP) is 1.83. The average molecular weight is 261 g/mol. The molecule has 3 saturated heterocycles. The molecule has 3 aliphatic rings. The Balaban J connectivity index is 1.78. The van der Waals surface area contributed by atoms with Gasteiger partial charge in [0.15, 0.2) is 0 Å². The normalized spacial score (nSPS) is 30.1. The van der Waals surface area contributed by atoms with Crippen molar-refractivity contribution in [2.75, 3.05) is 25.0 Å². The zero-order valence-electron chi connectivity index (χ0n) is 10.4. The third kappa shape index (κ3) is 2.22. The summed E-state index contributed by atoms with van der Waals surface area (Å²) < 4.78 is 0. The van der Waals surface area contributed by atoms with Crippen molar-refractivity contribution in [3.63, 3.8) is 0 Å². The Morgan fingerprint density at radius 2 is 2.00 bits per heavy atom. The fraction of sp³-hybridized carbons (Fsp3) is 0.500. The van der Waals surface area contributed by atoms with Gasteiger partial charge in [-0.15, -0.1) is 0 Å². The number of piperidine rings is 3. The Kier molecular flexibility index (Phi) is 3.22. The Bertz CT molecular complexity index is 452. The van der Waals surface area contributed by atoms with E-state index in [1.54, 1.807) is 0 Å². The second-order valence-electron chi connectivity index (χ2n) is 5.30. The summed E-state index contributed by atoms with van der Waals surface area (Å²) in [7, 11) is 0. The zero-order chi connectivity index (χ0) is 12.5. The molecule has 3 aliphatic heterocycles. The van der Waals surface area contributed by atoms with Crippen LogP contribution in [0.4, 0.5) is 5.69 Å². The maximum absolute atomic E-state index is 5.78. The van der Waals surface area contributed by atoms with Gasteiger partial charge in [-0.1, -0.05) is 24.4 Å². The predicted molar refractivity (Wildman–Crippen MR) is 78.9 cm³/mol. The number of thiocarbonyl (C=S) groups is 1. The maximum atomic E-state index is 5.78. The summed E-state index contributed by atoms with van der Waals surface area (Å²) >= 11 is 5.11. The van der Waals surface area contributed by atoms with E-state index in [-0.39, 0.29) is 0 Å². The van der Waals surface area contributed by atoms with E-state index in [4.69, 9.17) is 18.0 Å². The first-order valence-electron chi connectivity index (χ1n) is 6.62. The smallest absolute Gasteiger partial charge is 0.106 e. The molecule has 96 valence electrons. The van der Waals surface area contributed by atoms with Crippen LogP contribution >= 0.6 is 12.2 Å². The monoisotopic (exact) mass is 261 g/mol. The molecule has 18 heavy (non-hydrogen) atoms. The van der Waals surface area contributed by atoms with Crippen LogP contribution in [0.25, 0.3) is 0 Å². The molecule has 0 aromatic heterocycles.